The molecule has 6 nitrogen and oxygen atoms in total. The number of hydrogen-bond donors (Lipinski definition) is 1. The number of fused-ring (bicyclic) bond motifs is 1. The quantitative estimate of drug-likeness (QED) is 0.572. The van der Waals surface area contributed by atoms with E-state index in [1.165, 1.54) is 10.8 Å². The van der Waals surface area contributed by atoms with Gasteiger partial charge in [0.05, 0.1) is 22.3 Å². The Balaban J connectivity index is 1.27. The summed E-state index contributed by atoms with van der Waals surface area (Å²) in [5.74, 6) is 0.816. The largest absolute Gasteiger partial charge is 0.497 e. The fourth-order valence-corrected chi connectivity index (χ4v) is 5.03. The van der Waals surface area contributed by atoms with E-state index >= 15 is 0 Å². The maximum Gasteiger partial charge on any atom is 0.244 e. The summed E-state index contributed by atoms with van der Waals surface area (Å²) in [7, 11) is 1.61. The second-order valence-electron chi connectivity index (χ2n) is 7.96. The van der Waals surface area contributed by atoms with Crippen LogP contribution in [0.15, 0.2) is 54.6 Å². The first-order valence-corrected chi connectivity index (χ1v) is 11.6. The maximum atomic E-state index is 12.8. The summed E-state index contributed by atoms with van der Waals surface area (Å²) in [5, 5.41) is 3.93. The van der Waals surface area contributed by atoms with Crippen molar-refractivity contribution in [1.82, 2.24) is 15.2 Å². The van der Waals surface area contributed by atoms with Crippen molar-refractivity contribution in [2.75, 3.05) is 20.2 Å². The molecular formula is C25H27N3O3S. The normalized spacial score (nSPS) is 15.8. The van der Waals surface area contributed by atoms with Crippen LogP contribution in [0.3, 0.4) is 0 Å². The number of thiazole rings is 1. The minimum Gasteiger partial charge on any atom is -0.497 e. The van der Waals surface area contributed by atoms with Gasteiger partial charge >= 0.3 is 0 Å². The molecule has 32 heavy (non-hydrogen) atoms. The molecule has 1 fully saturated rings. The van der Waals surface area contributed by atoms with Crippen LogP contribution in [0.25, 0.3) is 16.3 Å². The number of nitrogens with zero attached hydrogens (tertiary/aromatic N) is 2. The molecule has 1 aliphatic rings. The van der Waals surface area contributed by atoms with Crippen molar-refractivity contribution in [3.05, 3.63) is 65.2 Å². The Bertz CT molecular complexity index is 1080. The Kier molecular flexibility index (Phi) is 6.85. The lowest BCUT2D eigenvalue weighted by Crippen LogP contribution is -2.48. The van der Waals surface area contributed by atoms with Gasteiger partial charge in [0.15, 0.2) is 0 Å². The number of hydrogen-bond acceptors (Lipinski definition) is 5. The summed E-state index contributed by atoms with van der Waals surface area (Å²) >= 11 is 1.75. The van der Waals surface area contributed by atoms with Crippen molar-refractivity contribution < 1.29 is 14.3 Å². The van der Waals surface area contributed by atoms with Crippen LogP contribution in [-0.4, -0.2) is 47.9 Å². The zero-order chi connectivity index (χ0) is 22.5. The van der Waals surface area contributed by atoms with Crippen LogP contribution in [0.5, 0.6) is 5.75 Å². The molecule has 0 spiro atoms. The van der Waals surface area contributed by atoms with E-state index in [0.29, 0.717) is 19.0 Å². The first-order valence-electron chi connectivity index (χ1n) is 10.8. The molecule has 1 atom stereocenters. The molecular weight excluding hydrogens is 422 g/mol. The van der Waals surface area contributed by atoms with Gasteiger partial charge in [0.2, 0.25) is 11.8 Å². The third-order valence-electron chi connectivity index (χ3n) is 5.74. The maximum absolute atomic E-state index is 12.8. The van der Waals surface area contributed by atoms with Crippen LogP contribution < -0.4 is 10.1 Å². The molecule has 2 heterocycles. The predicted molar refractivity (Wildman–Crippen MR) is 128 cm³/mol. The van der Waals surface area contributed by atoms with Crippen molar-refractivity contribution >= 4 is 39.4 Å². The van der Waals surface area contributed by atoms with E-state index in [1.807, 2.05) is 47.4 Å². The van der Waals surface area contributed by atoms with Crippen molar-refractivity contribution in [2.45, 2.75) is 31.7 Å². The second kappa shape index (κ2) is 9.96. The number of carbonyl (C=O) groups is 2. The van der Waals surface area contributed by atoms with E-state index in [1.54, 1.807) is 31.4 Å². The van der Waals surface area contributed by atoms with Crippen LogP contribution in [0, 0.1) is 0 Å². The molecule has 1 N–H and O–H groups in total. The van der Waals surface area contributed by atoms with E-state index in [9.17, 15) is 9.59 Å². The number of carbonyl (C=O) groups excluding carboxylic acids is 2. The molecule has 3 aromatic rings. The number of benzene rings is 2. The number of methoxy groups -OCH3 is 1. The topological polar surface area (TPSA) is 71.5 Å². The Morgan fingerprint density at radius 2 is 1.88 bits per heavy atom. The third-order valence-corrected chi connectivity index (χ3v) is 6.94. The Morgan fingerprint density at radius 1 is 1.16 bits per heavy atom. The summed E-state index contributed by atoms with van der Waals surface area (Å²) < 4.78 is 6.34. The highest BCUT2D eigenvalue weighted by Crippen LogP contribution is 2.33. The van der Waals surface area contributed by atoms with Gasteiger partial charge in [-0.05, 0) is 55.7 Å². The summed E-state index contributed by atoms with van der Waals surface area (Å²) in [6.07, 6.45) is 4.95. The lowest BCUT2D eigenvalue weighted by Gasteiger charge is -2.32. The molecule has 1 aliphatic heterocycles. The van der Waals surface area contributed by atoms with Crippen molar-refractivity contribution in [2.24, 2.45) is 0 Å². The molecule has 7 heteroatoms. The summed E-state index contributed by atoms with van der Waals surface area (Å²) in [6.45, 7) is 3.10. The predicted octanol–water partition coefficient (Wildman–Crippen LogP) is 4.23. The Morgan fingerprint density at radius 3 is 2.56 bits per heavy atom. The zero-order valence-corrected chi connectivity index (χ0v) is 19.1. The molecule has 2 aromatic carbocycles. The SMILES string of the molecule is COc1ccc(/C=C/C(=O)NC(C)C(=O)N2CCC(c3nc4ccccc4s3)CC2)cc1. The minimum atomic E-state index is -0.568. The molecule has 0 saturated carbocycles. The summed E-state index contributed by atoms with van der Waals surface area (Å²) in [4.78, 5) is 31.7. The van der Waals surface area contributed by atoms with E-state index < -0.39 is 6.04 Å². The number of nitrogens with one attached hydrogen (secondary N) is 1. The average molecular weight is 450 g/mol. The summed E-state index contributed by atoms with van der Waals surface area (Å²) in [6, 6.07) is 15.0. The molecule has 1 aromatic heterocycles. The highest BCUT2D eigenvalue weighted by molar-refractivity contribution is 7.18. The third kappa shape index (κ3) is 5.16. The molecule has 4 rings (SSSR count). The first-order chi connectivity index (χ1) is 15.5. The van der Waals surface area contributed by atoms with E-state index in [-0.39, 0.29) is 11.8 Å². The zero-order valence-electron chi connectivity index (χ0n) is 18.3. The highest BCUT2D eigenvalue weighted by Gasteiger charge is 2.28. The Labute approximate surface area is 191 Å². The van der Waals surface area contributed by atoms with Gasteiger partial charge in [-0.15, -0.1) is 11.3 Å². The number of aromatic nitrogens is 1. The van der Waals surface area contributed by atoms with Crippen LogP contribution in [-0.2, 0) is 9.59 Å². The van der Waals surface area contributed by atoms with Crippen LogP contribution in [0.4, 0.5) is 0 Å². The van der Waals surface area contributed by atoms with Crippen LogP contribution in [0.2, 0.25) is 0 Å². The standard InChI is InChI=1S/C25H27N3O3S/c1-17(26-23(29)12-9-18-7-10-20(31-2)11-8-18)25(30)28-15-13-19(14-16-28)24-27-21-5-3-4-6-22(21)32-24/h3-12,17,19H,13-16H2,1-2H3,(H,26,29)/b12-9+. The van der Waals surface area contributed by atoms with Gasteiger partial charge < -0.3 is 15.0 Å². The fraction of sp³-hybridized carbons (Fsp3) is 0.320. The molecule has 0 aliphatic carbocycles. The number of rotatable bonds is 6. The average Bonchev–Trinajstić information content (AvgIpc) is 3.27. The van der Waals surface area contributed by atoms with Gasteiger partial charge in [-0.1, -0.05) is 24.3 Å². The Hall–Kier alpha value is -3.19. The van der Waals surface area contributed by atoms with Gasteiger partial charge in [0, 0.05) is 25.1 Å². The van der Waals surface area contributed by atoms with Gasteiger partial charge in [0.25, 0.3) is 0 Å². The molecule has 166 valence electrons. The number of ether oxygens (including phenoxy) is 1. The molecule has 0 radical (unpaired) electrons. The van der Waals surface area contributed by atoms with Crippen molar-refractivity contribution in [3.8, 4) is 5.75 Å². The van der Waals surface area contributed by atoms with Gasteiger partial charge in [-0.3, -0.25) is 9.59 Å². The fourth-order valence-electron chi connectivity index (χ4n) is 3.90. The van der Waals surface area contributed by atoms with Crippen LogP contribution >= 0.6 is 11.3 Å². The second-order valence-corrected chi connectivity index (χ2v) is 9.02. The summed E-state index contributed by atoms with van der Waals surface area (Å²) in [5.41, 5.74) is 1.93. The van der Waals surface area contributed by atoms with Crippen molar-refractivity contribution in [1.29, 1.82) is 0 Å². The number of likely N-dealkylation sites (tertiary alicyclic amines) is 1. The smallest absolute Gasteiger partial charge is 0.244 e. The molecule has 1 saturated heterocycles. The first kappa shape index (κ1) is 22.0. The van der Waals surface area contributed by atoms with E-state index in [0.717, 1.165) is 34.7 Å². The van der Waals surface area contributed by atoms with Gasteiger partial charge in [-0.2, -0.15) is 0 Å². The monoisotopic (exact) mass is 449 g/mol. The number of para-hydroxylation sites is 1. The van der Waals surface area contributed by atoms with Gasteiger partial charge in [-0.25, -0.2) is 4.98 Å². The molecule has 2 amide bonds. The minimum absolute atomic E-state index is 0.0426. The van der Waals surface area contributed by atoms with E-state index in [4.69, 9.17) is 9.72 Å². The van der Waals surface area contributed by atoms with Crippen molar-refractivity contribution in [3.63, 3.8) is 0 Å². The van der Waals surface area contributed by atoms with E-state index in [2.05, 4.69) is 11.4 Å². The lowest BCUT2D eigenvalue weighted by atomic mass is 9.97. The van der Waals surface area contributed by atoms with Crippen LogP contribution in [0.1, 0.15) is 36.3 Å². The highest BCUT2D eigenvalue weighted by atomic mass is 32.1. The van der Waals surface area contributed by atoms with Gasteiger partial charge in [0.1, 0.15) is 11.8 Å². The number of piperidine rings is 1. The lowest BCUT2D eigenvalue weighted by molar-refractivity contribution is -0.136. The molecule has 1 unspecified atom stereocenters. The molecule has 0 bridgehead atoms. The number of amides is 2.